The molecule has 0 aliphatic carbocycles. The molecular formula is C15H20N4O. The topological polar surface area (TPSA) is 52.0 Å². The summed E-state index contributed by atoms with van der Waals surface area (Å²) in [5, 5.41) is 11.2. The van der Waals surface area contributed by atoms with E-state index in [1.54, 1.807) is 4.68 Å². The molecule has 2 aromatic rings. The molecule has 0 unspecified atom stereocenters. The van der Waals surface area contributed by atoms with Gasteiger partial charge in [0.05, 0.1) is 12.2 Å². The standard InChI is InChI=1S/C15H20N4O/c1-3-6-13-7-4-5-8-15(13)20-10-9-19-12-14(11-16-2)17-18-19/h3-5,7-8,12,16H,1,6,9-11H2,2H3. The smallest absolute Gasteiger partial charge is 0.122 e. The van der Waals surface area contributed by atoms with Crippen LogP contribution in [0.25, 0.3) is 0 Å². The molecule has 0 fully saturated rings. The number of benzene rings is 1. The van der Waals surface area contributed by atoms with Gasteiger partial charge in [-0.25, -0.2) is 4.68 Å². The highest BCUT2D eigenvalue weighted by Crippen LogP contribution is 2.18. The van der Waals surface area contributed by atoms with Gasteiger partial charge in [-0.3, -0.25) is 0 Å². The number of aromatic nitrogens is 3. The fourth-order valence-electron chi connectivity index (χ4n) is 1.93. The highest BCUT2D eigenvalue weighted by Gasteiger charge is 2.03. The van der Waals surface area contributed by atoms with E-state index in [0.717, 1.165) is 30.0 Å². The van der Waals surface area contributed by atoms with E-state index >= 15 is 0 Å². The van der Waals surface area contributed by atoms with Crippen LogP contribution in [-0.4, -0.2) is 28.6 Å². The molecule has 1 N–H and O–H groups in total. The molecule has 5 heteroatoms. The van der Waals surface area contributed by atoms with Crippen LogP contribution in [0.4, 0.5) is 0 Å². The summed E-state index contributed by atoms with van der Waals surface area (Å²) in [5.74, 6) is 0.906. The van der Waals surface area contributed by atoms with Crippen molar-refractivity contribution in [3.05, 3.63) is 54.4 Å². The van der Waals surface area contributed by atoms with E-state index < -0.39 is 0 Å². The third-order valence-electron chi connectivity index (χ3n) is 2.86. The van der Waals surface area contributed by atoms with Gasteiger partial charge in [-0.1, -0.05) is 29.5 Å². The van der Waals surface area contributed by atoms with E-state index in [4.69, 9.17) is 4.74 Å². The zero-order valence-corrected chi connectivity index (χ0v) is 11.7. The van der Waals surface area contributed by atoms with E-state index in [1.165, 1.54) is 0 Å². The summed E-state index contributed by atoms with van der Waals surface area (Å²) in [6.07, 6.45) is 4.62. The van der Waals surface area contributed by atoms with Gasteiger partial charge in [0.15, 0.2) is 0 Å². The van der Waals surface area contributed by atoms with Crippen LogP contribution in [0.1, 0.15) is 11.3 Å². The molecule has 0 saturated heterocycles. The molecule has 0 amide bonds. The maximum atomic E-state index is 5.81. The molecule has 20 heavy (non-hydrogen) atoms. The lowest BCUT2D eigenvalue weighted by atomic mass is 10.1. The molecule has 0 radical (unpaired) electrons. The first kappa shape index (κ1) is 14.3. The Morgan fingerprint density at radius 1 is 1.40 bits per heavy atom. The molecular weight excluding hydrogens is 252 g/mol. The van der Waals surface area contributed by atoms with Crippen LogP contribution < -0.4 is 10.1 Å². The second-order valence-electron chi connectivity index (χ2n) is 4.45. The number of allylic oxidation sites excluding steroid dienone is 1. The zero-order valence-electron chi connectivity index (χ0n) is 11.7. The molecule has 0 bridgehead atoms. The number of nitrogens with one attached hydrogen (secondary N) is 1. The van der Waals surface area contributed by atoms with Gasteiger partial charge < -0.3 is 10.1 Å². The largest absolute Gasteiger partial charge is 0.491 e. The fourth-order valence-corrected chi connectivity index (χ4v) is 1.93. The number of ether oxygens (including phenoxy) is 1. The van der Waals surface area contributed by atoms with Crippen molar-refractivity contribution in [2.75, 3.05) is 13.7 Å². The number of hydrogen-bond acceptors (Lipinski definition) is 4. The number of para-hydroxylation sites is 1. The molecule has 5 nitrogen and oxygen atoms in total. The van der Waals surface area contributed by atoms with Crippen LogP contribution in [0, 0.1) is 0 Å². The highest BCUT2D eigenvalue weighted by molar-refractivity contribution is 5.34. The maximum Gasteiger partial charge on any atom is 0.122 e. The maximum absolute atomic E-state index is 5.81. The first-order valence-corrected chi connectivity index (χ1v) is 6.68. The minimum Gasteiger partial charge on any atom is -0.491 e. The van der Waals surface area contributed by atoms with Crippen molar-refractivity contribution in [3.63, 3.8) is 0 Å². The SMILES string of the molecule is C=CCc1ccccc1OCCn1cc(CNC)nn1. The van der Waals surface area contributed by atoms with Gasteiger partial charge in [0.2, 0.25) is 0 Å². The molecule has 1 heterocycles. The monoisotopic (exact) mass is 272 g/mol. The van der Waals surface area contributed by atoms with Crippen LogP contribution in [0.3, 0.4) is 0 Å². The van der Waals surface area contributed by atoms with Crippen molar-refractivity contribution < 1.29 is 4.74 Å². The van der Waals surface area contributed by atoms with Gasteiger partial charge in [-0.2, -0.15) is 0 Å². The van der Waals surface area contributed by atoms with Crippen LogP contribution in [0.5, 0.6) is 5.75 Å². The normalized spacial score (nSPS) is 10.4. The summed E-state index contributed by atoms with van der Waals surface area (Å²) < 4.78 is 7.61. The average molecular weight is 272 g/mol. The van der Waals surface area contributed by atoms with Crippen LogP contribution >= 0.6 is 0 Å². The lowest BCUT2D eigenvalue weighted by Gasteiger charge is -2.09. The summed E-state index contributed by atoms with van der Waals surface area (Å²) in [5.41, 5.74) is 2.08. The van der Waals surface area contributed by atoms with Crippen molar-refractivity contribution in [2.45, 2.75) is 19.5 Å². The summed E-state index contributed by atoms with van der Waals surface area (Å²) in [6, 6.07) is 8.01. The van der Waals surface area contributed by atoms with Gasteiger partial charge in [-0.05, 0) is 25.1 Å². The van der Waals surface area contributed by atoms with Crippen molar-refractivity contribution in [3.8, 4) is 5.75 Å². The molecule has 1 aromatic heterocycles. The van der Waals surface area contributed by atoms with Crippen molar-refractivity contribution in [1.82, 2.24) is 20.3 Å². The second kappa shape index (κ2) is 7.45. The highest BCUT2D eigenvalue weighted by atomic mass is 16.5. The Morgan fingerprint density at radius 2 is 2.25 bits per heavy atom. The quantitative estimate of drug-likeness (QED) is 0.745. The Balaban J connectivity index is 1.87. The molecule has 0 spiro atoms. The second-order valence-corrected chi connectivity index (χ2v) is 4.45. The van der Waals surface area contributed by atoms with Crippen molar-refractivity contribution in [1.29, 1.82) is 0 Å². The van der Waals surface area contributed by atoms with Crippen LogP contribution in [-0.2, 0) is 19.5 Å². The van der Waals surface area contributed by atoms with Gasteiger partial charge in [0.1, 0.15) is 12.4 Å². The first-order chi connectivity index (χ1) is 9.83. The summed E-state index contributed by atoms with van der Waals surface area (Å²) in [4.78, 5) is 0. The van der Waals surface area contributed by atoms with Gasteiger partial charge in [-0.15, -0.1) is 11.7 Å². The Hall–Kier alpha value is -2.14. The Labute approximate surface area is 119 Å². The number of hydrogen-bond donors (Lipinski definition) is 1. The van der Waals surface area contributed by atoms with Crippen LogP contribution in [0.2, 0.25) is 0 Å². The van der Waals surface area contributed by atoms with E-state index in [-0.39, 0.29) is 0 Å². The minimum absolute atomic E-state index is 0.566. The Bertz CT molecular complexity index is 550. The molecule has 0 atom stereocenters. The lowest BCUT2D eigenvalue weighted by molar-refractivity contribution is 0.287. The van der Waals surface area contributed by atoms with Crippen molar-refractivity contribution >= 4 is 0 Å². The lowest BCUT2D eigenvalue weighted by Crippen LogP contribution is -2.09. The van der Waals surface area contributed by atoms with Crippen molar-refractivity contribution in [2.24, 2.45) is 0 Å². The molecule has 0 aliphatic rings. The molecule has 1 aromatic carbocycles. The third-order valence-corrected chi connectivity index (χ3v) is 2.86. The molecule has 2 rings (SSSR count). The van der Waals surface area contributed by atoms with E-state index in [2.05, 4.69) is 28.3 Å². The summed E-state index contributed by atoms with van der Waals surface area (Å²) in [6.45, 7) is 5.73. The number of nitrogens with zero attached hydrogens (tertiary/aromatic N) is 3. The Morgan fingerprint density at radius 3 is 3.05 bits per heavy atom. The van der Waals surface area contributed by atoms with Gasteiger partial charge in [0.25, 0.3) is 0 Å². The average Bonchev–Trinajstić information content (AvgIpc) is 2.89. The van der Waals surface area contributed by atoms with E-state index in [9.17, 15) is 0 Å². The fraction of sp³-hybridized carbons (Fsp3) is 0.333. The zero-order chi connectivity index (χ0) is 14.2. The minimum atomic E-state index is 0.566. The van der Waals surface area contributed by atoms with E-state index in [1.807, 2.05) is 37.5 Å². The van der Waals surface area contributed by atoms with Gasteiger partial charge >= 0.3 is 0 Å². The molecule has 0 saturated carbocycles. The first-order valence-electron chi connectivity index (χ1n) is 6.68. The predicted octanol–water partition coefficient (Wildman–Crippen LogP) is 1.80. The Kier molecular flexibility index (Phi) is 5.32. The molecule has 106 valence electrons. The predicted molar refractivity (Wildman–Crippen MR) is 78.6 cm³/mol. The summed E-state index contributed by atoms with van der Waals surface area (Å²) >= 11 is 0. The third kappa shape index (κ3) is 3.93. The summed E-state index contributed by atoms with van der Waals surface area (Å²) in [7, 11) is 1.89. The molecule has 0 aliphatic heterocycles. The van der Waals surface area contributed by atoms with E-state index in [0.29, 0.717) is 13.2 Å². The van der Waals surface area contributed by atoms with Crippen LogP contribution in [0.15, 0.2) is 43.1 Å². The number of rotatable bonds is 8. The van der Waals surface area contributed by atoms with Gasteiger partial charge in [0, 0.05) is 12.7 Å².